The minimum absolute atomic E-state index is 0.220. The van der Waals surface area contributed by atoms with Crippen molar-refractivity contribution < 1.29 is 14.3 Å². The van der Waals surface area contributed by atoms with E-state index in [4.69, 9.17) is 0 Å². The molecule has 76 valence electrons. The Bertz CT molecular complexity index is 310. The van der Waals surface area contributed by atoms with Gasteiger partial charge in [-0.15, -0.1) is 0 Å². The molecule has 0 fully saturated rings. The zero-order valence-electron chi connectivity index (χ0n) is 8.48. The van der Waals surface area contributed by atoms with E-state index in [2.05, 4.69) is 9.72 Å². The second-order valence-corrected chi connectivity index (χ2v) is 2.08. The second-order valence-electron chi connectivity index (χ2n) is 2.08. The standard InChI is InChI=1S/C8H7NO3.C2H6/c1-12-8(11)6-2-3-9-7(4-6)5-10;1-2/h2-5H,1H3;1-2H3. The van der Waals surface area contributed by atoms with Crippen LogP contribution in [0.2, 0.25) is 0 Å². The van der Waals surface area contributed by atoms with Gasteiger partial charge < -0.3 is 4.74 Å². The Labute approximate surface area is 82.9 Å². The first kappa shape index (κ1) is 12.3. The van der Waals surface area contributed by atoms with Crippen molar-refractivity contribution in [3.8, 4) is 0 Å². The number of methoxy groups -OCH3 is 1. The number of carbonyl (C=O) groups is 2. The van der Waals surface area contributed by atoms with Gasteiger partial charge >= 0.3 is 5.97 Å². The van der Waals surface area contributed by atoms with Crippen molar-refractivity contribution >= 4 is 12.3 Å². The van der Waals surface area contributed by atoms with Gasteiger partial charge in [0.15, 0.2) is 6.29 Å². The Morgan fingerprint density at radius 2 is 2.14 bits per heavy atom. The van der Waals surface area contributed by atoms with Crippen LogP contribution in [0.5, 0.6) is 0 Å². The molecule has 1 rings (SSSR count). The van der Waals surface area contributed by atoms with Crippen molar-refractivity contribution in [3.05, 3.63) is 29.6 Å². The average Bonchev–Trinajstić information content (AvgIpc) is 2.30. The molecule has 0 aliphatic heterocycles. The van der Waals surface area contributed by atoms with E-state index in [0.717, 1.165) is 0 Å². The summed E-state index contributed by atoms with van der Waals surface area (Å²) in [6, 6.07) is 2.86. The van der Waals surface area contributed by atoms with E-state index >= 15 is 0 Å². The Hall–Kier alpha value is -1.71. The maximum Gasteiger partial charge on any atom is 0.337 e. The van der Waals surface area contributed by atoms with Crippen LogP contribution in [0, 0.1) is 0 Å². The number of nitrogens with zero attached hydrogens (tertiary/aromatic N) is 1. The van der Waals surface area contributed by atoms with Gasteiger partial charge in [0.2, 0.25) is 0 Å². The van der Waals surface area contributed by atoms with Gasteiger partial charge in [-0.05, 0) is 12.1 Å². The summed E-state index contributed by atoms with van der Waals surface area (Å²) < 4.78 is 4.45. The Morgan fingerprint density at radius 3 is 2.64 bits per heavy atom. The molecule has 4 heteroatoms. The van der Waals surface area contributed by atoms with Crippen LogP contribution >= 0.6 is 0 Å². The highest BCUT2D eigenvalue weighted by Crippen LogP contribution is 2.01. The molecule has 0 atom stereocenters. The summed E-state index contributed by atoms with van der Waals surface area (Å²) in [7, 11) is 1.28. The van der Waals surface area contributed by atoms with Crippen LogP contribution in [0.4, 0.5) is 0 Å². The Kier molecular flexibility index (Phi) is 5.94. The van der Waals surface area contributed by atoms with Crippen molar-refractivity contribution in [1.82, 2.24) is 4.98 Å². The van der Waals surface area contributed by atoms with Crippen LogP contribution in [0.15, 0.2) is 18.3 Å². The highest BCUT2D eigenvalue weighted by molar-refractivity contribution is 5.90. The highest BCUT2D eigenvalue weighted by Gasteiger charge is 2.04. The molecule has 14 heavy (non-hydrogen) atoms. The molecule has 1 aromatic heterocycles. The SMILES string of the molecule is CC.COC(=O)c1ccnc(C=O)c1. The molecule has 0 aliphatic carbocycles. The topological polar surface area (TPSA) is 56.3 Å². The zero-order valence-corrected chi connectivity index (χ0v) is 8.48. The second kappa shape index (κ2) is 6.77. The Morgan fingerprint density at radius 1 is 1.50 bits per heavy atom. The lowest BCUT2D eigenvalue weighted by atomic mass is 10.2. The summed E-state index contributed by atoms with van der Waals surface area (Å²) in [5.41, 5.74) is 0.549. The fraction of sp³-hybridized carbons (Fsp3) is 0.300. The van der Waals surface area contributed by atoms with Gasteiger partial charge in [0.1, 0.15) is 5.69 Å². The molecule has 0 radical (unpaired) electrons. The third-order valence-electron chi connectivity index (χ3n) is 1.32. The van der Waals surface area contributed by atoms with Crippen molar-refractivity contribution in [1.29, 1.82) is 0 Å². The molecular formula is C10H13NO3. The number of hydrogen-bond donors (Lipinski definition) is 0. The molecule has 0 bridgehead atoms. The molecule has 0 aromatic carbocycles. The molecule has 0 N–H and O–H groups in total. The average molecular weight is 195 g/mol. The van der Waals surface area contributed by atoms with Crippen molar-refractivity contribution in [2.45, 2.75) is 13.8 Å². The fourth-order valence-electron chi connectivity index (χ4n) is 0.758. The van der Waals surface area contributed by atoms with E-state index in [1.54, 1.807) is 0 Å². The summed E-state index contributed by atoms with van der Waals surface area (Å²) in [4.78, 5) is 24.9. The van der Waals surface area contributed by atoms with Crippen LogP contribution in [-0.2, 0) is 4.74 Å². The summed E-state index contributed by atoms with van der Waals surface area (Å²) in [5, 5.41) is 0. The van der Waals surface area contributed by atoms with Gasteiger partial charge in [-0.25, -0.2) is 4.79 Å². The summed E-state index contributed by atoms with van der Waals surface area (Å²) in [6.07, 6.45) is 1.96. The first-order chi connectivity index (χ1) is 6.77. The number of aldehydes is 1. The van der Waals surface area contributed by atoms with E-state index in [1.807, 2.05) is 13.8 Å². The fourth-order valence-corrected chi connectivity index (χ4v) is 0.758. The molecule has 0 aliphatic rings. The molecule has 0 saturated carbocycles. The maximum atomic E-state index is 10.9. The molecular weight excluding hydrogens is 182 g/mol. The number of pyridine rings is 1. The van der Waals surface area contributed by atoms with E-state index in [1.165, 1.54) is 25.4 Å². The number of aromatic nitrogens is 1. The third-order valence-corrected chi connectivity index (χ3v) is 1.32. The predicted molar refractivity (Wildman–Crippen MR) is 52.3 cm³/mol. The quantitative estimate of drug-likeness (QED) is 0.532. The van der Waals surface area contributed by atoms with Gasteiger partial charge in [0, 0.05) is 6.20 Å². The molecule has 0 amide bonds. The summed E-state index contributed by atoms with van der Waals surface area (Å²) in [6.45, 7) is 4.00. The lowest BCUT2D eigenvalue weighted by molar-refractivity contribution is 0.0600. The number of carbonyl (C=O) groups excluding carboxylic acids is 2. The van der Waals surface area contributed by atoms with Crippen molar-refractivity contribution in [2.24, 2.45) is 0 Å². The van der Waals surface area contributed by atoms with Crippen LogP contribution in [0.3, 0.4) is 0 Å². The zero-order chi connectivity index (χ0) is 11.0. The molecule has 4 nitrogen and oxygen atoms in total. The van der Waals surface area contributed by atoms with E-state index in [-0.39, 0.29) is 5.69 Å². The monoisotopic (exact) mass is 195 g/mol. The normalized spacial score (nSPS) is 8.21. The number of esters is 1. The number of ether oxygens (including phenoxy) is 1. The molecule has 1 aromatic rings. The smallest absolute Gasteiger partial charge is 0.337 e. The van der Waals surface area contributed by atoms with Crippen LogP contribution in [0.1, 0.15) is 34.7 Å². The van der Waals surface area contributed by atoms with Crippen molar-refractivity contribution in [3.63, 3.8) is 0 Å². The summed E-state index contributed by atoms with van der Waals surface area (Å²) in [5.74, 6) is -0.472. The van der Waals surface area contributed by atoms with Crippen LogP contribution < -0.4 is 0 Å². The van der Waals surface area contributed by atoms with Gasteiger partial charge in [0.25, 0.3) is 0 Å². The maximum absolute atomic E-state index is 10.9. The third kappa shape index (κ3) is 3.35. The lowest BCUT2D eigenvalue weighted by Crippen LogP contribution is -2.02. The largest absolute Gasteiger partial charge is 0.465 e. The number of rotatable bonds is 2. The van der Waals surface area contributed by atoms with Crippen LogP contribution in [0.25, 0.3) is 0 Å². The van der Waals surface area contributed by atoms with E-state index in [9.17, 15) is 9.59 Å². The van der Waals surface area contributed by atoms with Crippen molar-refractivity contribution in [2.75, 3.05) is 7.11 Å². The highest BCUT2D eigenvalue weighted by atomic mass is 16.5. The number of hydrogen-bond acceptors (Lipinski definition) is 4. The molecule has 0 spiro atoms. The van der Waals surface area contributed by atoms with Gasteiger partial charge in [-0.2, -0.15) is 0 Å². The van der Waals surface area contributed by atoms with Gasteiger partial charge in [0.05, 0.1) is 12.7 Å². The molecule has 0 unspecified atom stereocenters. The minimum Gasteiger partial charge on any atom is -0.465 e. The van der Waals surface area contributed by atoms with Crippen LogP contribution in [-0.4, -0.2) is 24.3 Å². The summed E-state index contributed by atoms with van der Waals surface area (Å²) >= 11 is 0. The van der Waals surface area contributed by atoms with E-state index < -0.39 is 5.97 Å². The Balaban J connectivity index is 0.000000791. The lowest BCUT2D eigenvalue weighted by Gasteiger charge is -1.97. The molecule has 0 saturated heterocycles. The minimum atomic E-state index is -0.472. The van der Waals surface area contributed by atoms with Gasteiger partial charge in [-0.3, -0.25) is 9.78 Å². The first-order valence-corrected chi connectivity index (χ1v) is 4.27. The predicted octanol–water partition coefficient (Wildman–Crippen LogP) is 1.71. The first-order valence-electron chi connectivity index (χ1n) is 4.27. The van der Waals surface area contributed by atoms with E-state index in [0.29, 0.717) is 11.8 Å². The molecule has 1 heterocycles. The van der Waals surface area contributed by atoms with Gasteiger partial charge in [-0.1, -0.05) is 13.8 Å².